The molecule has 78 valence electrons. The molecule has 0 amide bonds. The summed E-state index contributed by atoms with van der Waals surface area (Å²) in [6, 6.07) is 6.06. The van der Waals surface area contributed by atoms with Crippen molar-refractivity contribution in [2.75, 3.05) is 0 Å². The van der Waals surface area contributed by atoms with Crippen molar-refractivity contribution >= 4 is 0 Å². The van der Waals surface area contributed by atoms with Gasteiger partial charge in [-0.1, -0.05) is 18.2 Å². The summed E-state index contributed by atoms with van der Waals surface area (Å²) in [6.45, 7) is 8.69. The molecule has 1 aromatic rings. The van der Waals surface area contributed by atoms with Gasteiger partial charge < -0.3 is 10.5 Å². The molecule has 0 fully saturated rings. The van der Waals surface area contributed by atoms with Crippen molar-refractivity contribution in [3.8, 4) is 5.75 Å². The summed E-state index contributed by atoms with van der Waals surface area (Å²) in [7, 11) is 0. The van der Waals surface area contributed by atoms with E-state index in [1.165, 1.54) is 0 Å². The summed E-state index contributed by atoms with van der Waals surface area (Å²) in [4.78, 5) is 0. The fourth-order valence-electron chi connectivity index (χ4n) is 1.33. The van der Waals surface area contributed by atoms with Crippen molar-refractivity contribution in [3.63, 3.8) is 0 Å². The number of aryl methyl sites for hydroxylation is 1. The predicted molar refractivity (Wildman–Crippen MR) is 59.5 cm³/mol. The van der Waals surface area contributed by atoms with Crippen LogP contribution in [0.2, 0.25) is 0 Å². The fraction of sp³-hybridized carbons (Fsp3) is 0.500. The van der Waals surface area contributed by atoms with Crippen molar-refractivity contribution in [2.24, 2.45) is 5.73 Å². The maximum Gasteiger partial charge on any atom is 0.127 e. The highest BCUT2D eigenvalue weighted by Crippen LogP contribution is 2.26. The SMILES string of the molecule is Cc1cccc(CN)c1OC(C)(C)C. The molecule has 0 saturated heterocycles. The molecule has 0 aliphatic carbocycles. The maximum absolute atomic E-state index is 5.87. The minimum Gasteiger partial charge on any atom is -0.488 e. The average Bonchev–Trinajstić information content (AvgIpc) is 2.06. The van der Waals surface area contributed by atoms with Gasteiger partial charge in [0.15, 0.2) is 0 Å². The Labute approximate surface area is 86.1 Å². The van der Waals surface area contributed by atoms with Crippen LogP contribution in [0.1, 0.15) is 31.9 Å². The fourth-order valence-corrected chi connectivity index (χ4v) is 1.33. The van der Waals surface area contributed by atoms with Gasteiger partial charge in [-0.25, -0.2) is 0 Å². The zero-order valence-corrected chi connectivity index (χ0v) is 9.42. The lowest BCUT2D eigenvalue weighted by Crippen LogP contribution is -2.24. The van der Waals surface area contributed by atoms with Gasteiger partial charge in [0.2, 0.25) is 0 Å². The normalized spacial score (nSPS) is 11.5. The Bertz CT molecular complexity index is 313. The van der Waals surface area contributed by atoms with Crippen LogP contribution < -0.4 is 10.5 Å². The molecule has 0 atom stereocenters. The van der Waals surface area contributed by atoms with Crippen LogP contribution in [-0.4, -0.2) is 5.60 Å². The second-order valence-corrected chi connectivity index (χ2v) is 4.48. The van der Waals surface area contributed by atoms with E-state index in [9.17, 15) is 0 Å². The van der Waals surface area contributed by atoms with E-state index >= 15 is 0 Å². The van der Waals surface area contributed by atoms with Crippen LogP contribution >= 0.6 is 0 Å². The van der Waals surface area contributed by atoms with Crippen LogP contribution in [0.25, 0.3) is 0 Å². The Morgan fingerprint density at radius 1 is 1.29 bits per heavy atom. The molecule has 0 spiro atoms. The number of para-hydroxylation sites is 1. The number of nitrogens with two attached hydrogens (primary N) is 1. The van der Waals surface area contributed by atoms with Crippen LogP contribution in [0.15, 0.2) is 18.2 Å². The Balaban J connectivity index is 3.05. The number of hydrogen-bond donors (Lipinski definition) is 1. The van der Waals surface area contributed by atoms with Crippen LogP contribution in [0.5, 0.6) is 5.75 Å². The number of rotatable bonds is 2. The molecule has 0 bridgehead atoms. The average molecular weight is 193 g/mol. The Kier molecular flexibility index (Phi) is 3.17. The van der Waals surface area contributed by atoms with Crippen LogP contribution in [0, 0.1) is 6.92 Å². The first-order chi connectivity index (χ1) is 6.44. The molecule has 0 radical (unpaired) electrons. The number of benzene rings is 1. The lowest BCUT2D eigenvalue weighted by molar-refractivity contribution is 0.128. The summed E-state index contributed by atoms with van der Waals surface area (Å²) in [6.07, 6.45) is 0. The Morgan fingerprint density at radius 2 is 1.93 bits per heavy atom. The Morgan fingerprint density at radius 3 is 2.43 bits per heavy atom. The maximum atomic E-state index is 5.87. The molecule has 0 aromatic heterocycles. The summed E-state index contributed by atoms with van der Waals surface area (Å²) in [5, 5.41) is 0. The predicted octanol–water partition coefficient (Wildman–Crippen LogP) is 2.63. The van der Waals surface area contributed by atoms with E-state index in [4.69, 9.17) is 10.5 Å². The van der Waals surface area contributed by atoms with Crippen molar-refractivity contribution in [3.05, 3.63) is 29.3 Å². The summed E-state index contributed by atoms with van der Waals surface area (Å²) >= 11 is 0. The third kappa shape index (κ3) is 2.74. The first-order valence-corrected chi connectivity index (χ1v) is 4.91. The standard InChI is InChI=1S/C12H19NO/c1-9-6-5-7-10(8-13)11(9)14-12(2,3)4/h5-7H,8,13H2,1-4H3. The summed E-state index contributed by atoms with van der Waals surface area (Å²) in [5.41, 5.74) is 7.70. The van der Waals surface area contributed by atoms with Gasteiger partial charge >= 0.3 is 0 Å². The Hall–Kier alpha value is -1.02. The van der Waals surface area contributed by atoms with E-state index < -0.39 is 0 Å². The monoisotopic (exact) mass is 193 g/mol. The van der Waals surface area contributed by atoms with Gasteiger partial charge in [0.25, 0.3) is 0 Å². The van der Waals surface area contributed by atoms with Gasteiger partial charge in [-0.15, -0.1) is 0 Å². The molecule has 0 unspecified atom stereocenters. The molecule has 14 heavy (non-hydrogen) atoms. The number of ether oxygens (including phenoxy) is 1. The molecule has 0 aliphatic rings. The number of hydrogen-bond acceptors (Lipinski definition) is 2. The van der Waals surface area contributed by atoms with E-state index in [2.05, 4.69) is 0 Å². The second kappa shape index (κ2) is 4.01. The summed E-state index contributed by atoms with van der Waals surface area (Å²) in [5.74, 6) is 0.933. The van der Waals surface area contributed by atoms with E-state index in [-0.39, 0.29) is 5.60 Å². The molecule has 0 aliphatic heterocycles. The van der Waals surface area contributed by atoms with Gasteiger partial charge in [0.1, 0.15) is 11.4 Å². The first kappa shape index (κ1) is 11.1. The zero-order chi connectivity index (χ0) is 10.8. The smallest absolute Gasteiger partial charge is 0.127 e. The molecular formula is C12H19NO. The lowest BCUT2D eigenvalue weighted by Gasteiger charge is -2.24. The molecule has 1 rings (SSSR count). The molecule has 0 saturated carbocycles. The highest BCUT2D eigenvalue weighted by molar-refractivity contribution is 5.40. The van der Waals surface area contributed by atoms with Gasteiger partial charge in [-0.3, -0.25) is 0 Å². The van der Waals surface area contributed by atoms with E-state index in [1.54, 1.807) is 0 Å². The first-order valence-electron chi connectivity index (χ1n) is 4.91. The van der Waals surface area contributed by atoms with Gasteiger partial charge in [-0.05, 0) is 33.3 Å². The lowest BCUT2D eigenvalue weighted by atomic mass is 10.1. The third-order valence-corrected chi connectivity index (χ3v) is 1.92. The zero-order valence-electron chi connectivity index (χ0n) is 9.42. The quantitative estimate of drug-likeness (QED) is 0.783. The molecule has 2 nitrogen and oxygen atoms in total. The largest absolute Gasteiger partial charge is 0.488 e. The van der Waals surface area contributed by atoms with E-state index in [0.29, 0.717) is 6.54 Å². The van der Waals surface area contributed by atoms with Gasteiger partial charge in [0, 0.05) is 12.1 Å². The van der Waals surface area contributed by atoms with Crippen LogP contribution in [0.4, 0.5) is 0 Å². The van der Waals surface area contributed by atoms with Crippen molar-refractivity contribution in [1.29, 1.82) is 0 Å². The third-order valence-electron chi connectivity index (χ3n) is 1.92. The molecule has 2 heteroatoms. The molecule has 2 N–H and O–H groups in total. The van der Waals surface area contributed by atoms with Gasteiger partial charge in [-0.2, -0.15) is 0 Å². The summed E-state index contributed by atoms with van der Waals surface area (Å²) < 4.78 is 5.87. The van der Waals surface area contributed by atoms with E-state index in [0.717, 1.165) is 16.9 Å². The molecular weight excluding hydrogens is 174 g/mol. The minimum atomic E-state index is -0.171. The van der Waals surface area contributed by atoms with Crippen LogP contribution in [0.3, 0.4) is 0 Å². The van der Waals surface area contributed by atoms with E-state index in [1.807, 2.05) is 45.9 Å². The van der Waals surface area contributed by atoms with Crippen LogP contribution in [-0.2, 0) is 6.54 Å². The highest BCUT2D eigenvalue weighted by atomic mass is 16.5. The second-order valence-electron chi connectivity index (χ2n) is 4.48. The molecule has 0 heterocycles. The topological polar surface area (TPSA) is 35.2 Å². The molecule has 1 aromatic carbocycles. The van der Waals surface area contributed by atoms with Crippen molar-refractivity contribution < 1.29 is 4.74 Å². The minimum absolute atomic E-state index is 0.171. The van der Waals surface area contributed by atoms with Crippen molar-refractivity contribution in [1.82, 2.24) is 0 Å². The van der Waals surface area contributed by atoms with Gasteiger partial charge in [0.05, 0.1) is 0 Å². The van der Waals surface area contributed by atoms with Crippen molar-refractivity contribution in [2.45, 2.75) is 39.8 Å². The highest BCUT2D eigenvalue weighted by Gasteiger charge is 2.15.